The van der Waals surface area contributed by atoms with Crippen LogP contribution in [-0.4, -0.2) is 17.6 Å². The Morgan fingerprint density at radius 3 is 2.31 bits per heavy atom. The third kappa shape index (κ3) is 2.16. The van der Waals surface area contributed by atoms with Crippen molar-refractivity contribution in [2.75, 3.05) is 7.11 Å². The fourth-order valence-electron chi connectivity index (χ4n) is 0.994. The van der Waals surface area contributed by atoms with Gasteiger partial charge in [-0.25, -0.2) is 10.5 Å². The minimum atomic E-state index is -1.25. The van der Waals surface area contributed by atoms with Crippen molar-refractivity contribution < 1.29 is 25.0 Å². The number of rotatable bonds is 4. The van der Waals surface area contributed by atoms with Gasteiger partial charge in [-0.15, -0.1) is 0 Å². The van der Waals surface area contributed by atoms with E-state index in [2.05, 4.69) is 9.78 Å². The van der Waals surface area contributed by atoms with E-state index in [0.29, 0.717) is 11.3 Å². The largest absolute Gasteiger partial charge is 0.496 e. The molecule has 0 aliphatic rings. The van der Waals surface area contributed by atoms with Crippen LogP contribution in [0.25, 0.3) is 0 Å². The molecule has 1 rings (SSSR count). The normalized spacial score (nSPS) is 10.5. The van der Waals surface area contributed by atoms with Crippen molar-refractivity contribution in [3.8, 4) is 5.75 Å². The van der Waals surface area contributed by atoms with Crippen LogP contribution in [0.3, 0.4) is 0 Å². The molecule has 0 fully saturated rings. The lowest BCUT2D eigenvalue weighted by molar-refractivity contribution is -0.437. The summed E-state index contributed by atoms with van der Waals surface area (Å²) < 4.78 is 4.95. The molecule has 0 bridgehead atoms. The number of para-hydroxylation sites is 1. The maximum absolute atomic E-state index is 8.36. The molecule has 5 heteroatoms. The lowest BCUT2D eigenvalue weighted by atomic mass is 10.2. The summed E-state index contributed by atoms with van der Waals surface area (Å²) in [4.78, 5) is 7.75. The van der Waals surface area contributed by atoms with Crippen LogP contribution in [0.5, 0.6) is 5.75 Å². The van der Waals surface area contributed by atoms with Crippen LogP contribution in [0, 0.1) is 0 Å². The van der Waals surface area contributed by atoms with E-state index in [9.17, 15) is 0 Å². The Labute approximate surface area is 74.9 Å². The van der Waals surface area contributed by atoms with Crippen molar-refractivity contribution in [1.29, 1.82) is 0 Å². The smallest absolute Gasteiger partial charge is 0.252 e. The van der Waals surface area contributed by atoms with E-state index in [4.69, 9.17) is 15.3 Å². The van der Waals surface area contributed by atoms with Gasteiger partial charge in [-0.3, -0.25) is 0 Å². The summed E-state index contributed by atoms with van der Waals surface area (Å²) in [5.41, 5.74) is 0.398. The molecular formula is C8H10O5. The van der Waals surface area contributed by atoms with Crippen LogP contribution in [0.2, 0.25) is 0 Å². The van der Waals surface area contributed by atoms with Gasteiger partial charge in [0.25, 0.3) is 6.29 Å². The van der Waals surface area contributed by atoms with Gasteiger partial charge in [0.1, 0.15) is 5.75 Å². The summed E-state index contributed by atoms with van der Waals surface area (Å²) in [6.45, 7) is 0. The highest BCUT2D eigenvalue weighted by atomic mass is 17.2. The Bertz CT molecular complexity index is 258. The lowest BCUT2D eigenvalue weighted by Gasteiger charge is -2.12. The van der Waals surface area contributed by atoms with Crippen molar-refractivity contribution in [2.24, 2.45) is 0 Å². The maximum Gasteiger partial charge on any atom is 0.252 e. The zero-order chi connectivity index (χ0) is 9.68. The number of ether oxygens (including phenoxy) is 1. The first-order chi connectivity index (χ1) is 6.33. The first-order valence-corrected chi connectivity index (χ1v) is 3.56. The van der Waals surface area contributed by atoms with Gasteiger partial charge in [0.15, 0.2) is 0 Å². The van der Waals surface area contributed by atoms with Gasteiger partial charge in [0.05, 0.1) is 12.7 Å². The molecule has 0 radical (unpaired) electrons. The minimum absolute atomic E-state index is 0.398. The molecule has 5 nitrogen and oxygen atoms in total. The Hall–Kier alpha value is -1.14. The van der Waals surface area contributed by atoms with Crippen molar-refractivity contribution in [1.82, 2.24) is 0 Å². The monoisotopic (exact) mass is 186 g/mol. The van der Waals surface area contributed by atoms with Crippen LogP contribution in [0.4, 0.5) is 0 Å². The molecule has 13 heavy (non-hydrogen) atoms. The van der Waals surface area contributed by atoms with Crippen molar-refractivity contribution in [3.63, 3.8) is 0 Å². The summed E-state index contributed by atoms with van der Waals surface area (Å²) in [5.74, 6) is 0.454. The molecule has 1 aromatic rings. The molecule has 0 saturated heterocycles. The van der Waals surface area contributed by atoms with E-state index in [1.165, 1.54) is 7.11 Å². The average Bonchev–Trinajstić information content (AvgIpc) is 2.20. The number of hydrogen-bond donors (Lipinski definition) is 2. The van der Waals surface area contributed by atoms with E-state index >= 15 is 0 Å². The van der Waals surface area contributed by atoms with Crippen molar-refractivity contribution in [2.45, 2.75) is 6.29 Å². The van der Waals surface area contributed by atoms with E-state index in [1.54, 1.807) is 24.3 Å². The summed E-state index contributed by atoms with van der Waals surface area (Å²) in [7, 11) is 1.46. The summed E-state index contributed by atoms with van der Waals surface area (Å²) in [5, 5.41) is 16.7. The highest BCUT2D eigenvalue weighted by Crippen LogP contribution is 2.26. The molecule has 0 aliphatic heterocycles. The number of hydrogen-bond acceptors (Lipinski definition) is 5. The van der Waals surface area contributed by atoms with Gasteiger partial charge in [-0.1, -0.05) is 12.1 Å². The molecule has 72 valence electrons. The minimum Gasteiger partial charge on any atom is -0.496 e. The molecule has 0 aromatic heterocycles. The van der Waals surface area contributed by atoms with Gasteiger partial charge in [0, 0.05) is 0 Å². The molecule has 1 aromatic carbocycles. The fourth-order valence-corrected chi connectivity index (χ4v) is 0.994. The molecule has 2 N–H and O–H groups in total. The molecule has 0 aliphatic carbocycles. The van der Waals surface area contributed by atoms with Gasteiger partial charge >= 0.3 is 0 Å². The predicted molar refractivity (Wildman–Crippen MR) is 43.2 cm³/mol. The zero-order valence-corrected chi connectivity index (χ0v) is 7.01. The third-order valence-corrected chi connectivity index (χ3v) is 1.58. The van der Waals surface area contributed by atoms with Crippen LogP contribution in [0.15, 0.2) is 24.3 Å². The summed E-state index contributed by atoms with van der Waals surface area (Å²) in [6, 6.07) is 6.69. The molecule has 0 spiro atoms. The zero-order valence-electron chi connectivity index (χ0n) is 7.01. The first kappa shape index (κ1) is 9.94. The first-order valence-electron chi connectivity index (χ1n) is 3.56. The lowest BCUT2D eigenvalue weighted by Crippen LogP contribution is -2.05. The topological polar surface area (TPSA) is 68.2 Å². The average molecular weight is 186 g/mol. The standard InChI is InChI=1S/C8H10O5/c1-11-7-5-3-2-4-6(7)8(12-9)13-10/h2-5,8-10H,1H3. The van der Waals surface area contributed by atoms with E-state index in [0.717, 1.165) is 0 Å². The van der Waals surface area contributed by atoms with Crippen LogP contribution < -0.4 is 4.74 Å². The van der Waals surface area contributed by atoms with Gasteiger partial charge < -0.3 is 4.74 Å². The maximum atomic E-state index is 8.36. The van der Waals surface area contributed by atoms with E-state index < -0.39 is 6.29 Å². The van der Waals surface area contributed by atoms with E-state index in [1.807, 2.05) is 0 Å². The fraction of sp³-hybridized carbons (Fsp3) is 0.250. The number of benzene rings is 1. The molecule has 0 amide bonds. The SMILES string of the molecule is COc1ccccc1C(OO)OO. The van der Waals surface area contributed by atoms with Gasteiger partial charge in [-0.05, 0) is 12.1 Å². The van der Waals surface area contributed by atoms with Gasteiger partial charge in [0.2, 0.25) is 0 Å². The second-order valence-electron chi connectivity index (χ2n) is 2.28. The Kier molecular flexibility index (Phi) is 3.66. The Balaban J connectivity index is 2.96. The summed E-state index contributed by atoms with van der Waals surface area (Å²) in [6.07, 6.45) is -1.25. The van der Waals surface area contributed by atoms with Crippen molar-refractivity contribution >= 4 is 0 Å². The Morgan fingerprint density at radius 2 is 1.77 bits per heavy atom. The summed E-state index contributed by atoms with van der Waals surface area (Å²) >= 11 is 0. The second-order valence-corrected chi connectivity index (χ2v) is 2.28. The second kappa shape index (κ2) is 4.78. The van der Waals surface area contributed by atoms with Crippen LogP contribution in [-0.2, 0) is 9.78 Å². The van der Waals surface area contributed by atoms with Crippen molar-refractivity contribution in [3.05, 3.63) is 29.8 Å². The molecule has 0 heterocycles. The quantitative estimate of drug-likeness (QED) is 0.425. The molecule has 0 saturated carbocycles. The highest BCUT2D eigenvalue weighted by molar-refractivity contribution is 5.33. The van der Waals surface area contributed by atoms with Crippen LogP contribution >= 0.6 is 0 Å². The van der Waals surface area contributed by atoms with Crippen LogP contribution in [0.1, 0.15) is 11.9 Å². The predicted octanol–water partition coefficient (Wildman–Crippen LogP) is 1.67. The molecular weight excluding hydrogens is 176 g/mol. The Morgan fingerprint density at radius 1 is 1.15 bits per heavy atom. The number of methoxy groups -OCH3 is 1. The third-order valence-electron chi connectivity index (χ3n) is 1.58. The molecule has 0 atom stereocenters. The highest BCUT2D eigenvalue weighted by Gasteiger charge is 2.16. The van der Waals surface area contributed by atoms with Gasteiger partial charge in [-0.2, -0.15) is 9.78 Å². The molecule has 0 unspecified atom stereocenters. The van der Waals surface area contributed by atoms with E-state index in [-0.39, 0.29) is 0 Å².